The molecule has 0 fully saturated rings. The zero-order chi connectivity index (χ0) is 6.78. The summed E-state index contributed by atoms with van der Waals surface area (Å²) in [6.45, 7) is 0. The monoisotopic (exact) mass is 158 g/mol. The molecule has 8 heavy (non-hydrogen) atoms. The number of hydrogen-bond acceptors (Lipinski definition) is 4. The molecular weight excluding hydrogens is 156 g/mol. The Bertz CT molecular complexity index is 177. The van der Waals surface area contributed by atoms with Crippen LogP contribution in [-0.4, -0.2) is 20.0 Å². The second-order valence-corrected chi connectivity index (χ2v) is 3.06. The molecule has 0 aliphatic rings. The molecule has 1 atom stereocenters. The van der Waals surface area contributed by atoms with E-state index < -0.39 is 15.2 Å². The molecule has 2 N–H and O–H groups in total. The van der Waals surface area contributed by atoms with Crippen molar-refractivity contribution in [3.05, 3.63) is 0 Å². The minimum absolute atomic E-state index is 1.85. The van der Waals surface area contributed by atoms with Crippen molar-refractivity contribution in [1.29, 1.82) is 0 Å². The maximum atomic E-state index is 9.76. The molecule has 7 heteroatoms. The van der Waals surface area contributed by atoms with Crippen molar-refractivity contribution in [3.8, 4) is 0 Å². The van der Waals surface area contributed by atoms with Crippen molar-refractivity contribution < 1.29 is 22.8 Å². The van der Waals surface area contributed by atoms with Gasteiger partial charge >= 0.3 is 15.2 Å². The molecule has 0 aromatic rings. The third-order valence-corrected chi connectivity index (χ3v) is 0.734. The zero-order valence-electron chi connectivity index (χ0n) is 3.44. The summed E-state index contributed by atoms with van der Waals surface area (Å²) in [6, 6.07) is 0. The first-order valence-corrected chi connectivity index (χ1v) is 3.68. The average molecular weight is 158 g/mol. The number of rotatable bonds is 1. The molecule has 0 radical (unpaired) electrons. The fourth-order valence-corrected chi connectivity index (χ4v) is 0.445. The van der Waals surface area contributed by atoms with E-state index in [4.69, 9.17) is 9.66 Å². The largest absolute Gasteiger partial charge is 0.521 e. The van der Waals surface area contributed by atoms with Crippen molar-refractivity contribution in [1.82, 2.24) is 0 Å². The second-order valence-electron chi connectivity index (χ2n) is 0.777. The number of carboxylic acid groups (broad SMARTS) is 1. The maximum Gasteiger partial charge on any atom is 0.521 e. The standard InChI is InChI=1S/CH2O5S2/c2-1(3)6-8(4,5)7/h(H,2,3)(H,4,5,7). The molecule has 0 bridgehead atoms. The van der Waals surface area contributed by atoms with E-state index in [-0.39, 0.29) is 0 Å². The van der Waals surface area contributed by atoms with Gasteiger partial charge < -0.3 is 9.29 Å². The molecule has 48 valence electrons. The van der Waals surface area contributed by atoms with Crippen molar-refractivity contribution in [2.45, 2.75) is 0 Å². The molecule has 0 aromatic carbocycles. The summed E-state index contributed by atoms with van der Waals surface area (Å²) in [5.74, 6) is 0. The molecule has 0 aromatic heterocycles. The van der Waals surface area contributed by atoms with Gasteiger partial charge in [0.2, 0.25) is 0 Å². The van der Waals surface area contributed by atoms with Crippen molar-refractivity contribution in [2.24, 2.45) is 0 Å². The molecule has 0 rings (SSSR count). The minimum Gasteiger partial charge on any atom is -0.449 e. The van der Waals surface area contributed by atoms with Crippen molar-refractivity contribution >= 4 is 26.4 Å². The molecule has 5 nitrogen and oxygen atoms in total. The predicted molar refractivity (Wildman–Crippen MR) is 27.2 cm³/mol. The summed E-state index contributed by atoms with van der Waals surface area (Å²) in [7, 11) is -3.99. The van der Waals surface area contributed by atoms with E-state index in [9.17, 15) is 9.00 Å². The van der Waals surface area contributed by atoms with Crippen LogP contribution in [-0.2, 0) is 24.4 Å². The minimum atomic E-state index is -3.99. The summed E-state index contributed by atoms with van der Waals surface area (Å²) in [4.78, 5) is 9.39. The van der Waals surface area contributed by atoms with Crippen LogP contribution >= 0.6 is 0 Å². The highest BCUT2D eigenvalue weighted by molar-refractivity contribution is 8.27. The quantitative estimate of drug-likeness (QED) is 0.550. The highest BCUT2D eigenvalue weighted by atomic mass is 32.9. The Morgan fingerprint density at radius 2 is 2.12 bits per heavy atom. The van der Waals surface area contributed by atoms with Gasteiger partial charge in [-0.25, -0.2) is 4.79 Å². The first kappa shape index (κ1) is 7.60. The van der Waals surface area contributed by atoms with E-state index >= 15 is 0 Å². The summed E-state index contributed by atoms with van der Waals surface area (Å²) in [5.41, 5.74) is 0. The van der Waals surface area contributed by atoms with Gasteiger partial charge in [-0.15, -0.1) is 0 Å². The lowest BCUT2D eigenvalue weighted by Gasteiger charge is -1.92. The molecule has 0 aliphatic heterocycles. The van der Waals surface area contributed by atoms with Gasteiger partial charge in [-0.05, 0) is 0 Å². The van der Waals surface area contributed by atoms with Crippen LogP contribution in [0.5, 0.6) is 0 Å². The van der Waals surface area contributed by atoms with Crippen LogP contribution < -0.4 is 0 Å². The van der Waals surface area contributed by atoms with Crippen LogP contribution in [0.2, 0.25) is 0 Å². The maximum absolute atomic E-state index is 9.76. The summed E-state index contributed by atoms with van der Waals surface area (Å²) >= 11 is 3.64. The van der Waals surface area contributed by atoms with Gasteiger partial charge in [0, 0.05) is 0 Å². The predicted octanol–water partition coefficient (Wildman–Crippen LogP) is -0.185. The number of hydrogen-bond donors (Lipinski definition) is 2. The van der Waals surface area contributed by atoms with Gasteiger partial charge in [-0.1, -0.05) is 0 Å². The van der Waals surface area contributed by atoms with E-state index in [2.05, 4.69) is 15.4 Å². The second kappa shape index (κ2) is 2.25. The van der Waals surface area contributed by atoms with Crippen molar-refractivity contribution in [3.63, 3.8) is 0 Å². The van der Waals surface area contributed by atoms with Gasteiger partial charge in [0.15, 0.2) is 0 Å². The van der Waals surface area contributed by atoms with E-state index in [1.54, 1.807) is 0 Å². The van der Waals surface area contributed by atoms with Crippen molar-refractivity contribution in [2.75, 3.05) is 0 Å². The van der Waals surface area contributed by atoms with Crippen LogP contribution in [0.25, 0.3) is 0 Å². The summed E-state index contributed by atoms with van der Waals surface area (Å²) in [6.07, 6.45) is -1.85. The SMILES string of the molecule is O=C(O)OS(=O)(O)=S. The highest BCUT2D eigenvalue weighted by Gasteiger charge is 2.04. The lowest BCUT2D eigenvalue weighted by molar-refractivity contribution is 0.145. The molecule has 0 saturated heterocycles. The molecular formula is CH2O5S2. The Labute approximate surface area is 50.0 Å². The third-order valence-electron chi connectivity index (χ3n) is 0.177. The highest BCUT2D eigenvalue weighted by Crippen LogP contribution is 1.85. The molecule has 0 spiro atoms. The van der Waals surface area contributed by atoms with Crippen LogP contribution in [0.4, 0.5) is 4.79 Å². The van der Waals surface area contributed by atoms with Gasteiger partial charge in [-0.2, -0.15) is 4.21 Å². The van der Waals surface area contributed by atoms with E-state index in [1.165, 1.54) is 0 Å². The molecule has 0 saturated carbocycles. The summed E-state index contributed by atoms with van der Waals surface area (Å²) < 4.78 is 20.9. The van der Waals surface area contributed by atoms with E-state index in [0.29, 0.717) is 0 Å². The Hall–Kier alpha value is -0.400. The molecule has 0 amide bonds. The van der Waals surface area contributed by atoms with Gasteiger partial charge in [0.05, 0.1) is 11.2 Å². The normalized spacial score (nSPS) is 16.6. The zero-order valence-corrected chi connectivity index (χ0v) is 5.07. The van der Waals surface area contributed by atoms with Gasteiger partial charge in [0.1, 0.15) is 0 Å². The smallest absolute Gasteiger partial charge is 0.449 e. The van der Waals surface area contributed by atoms with E-state index in [1.807, 2.05) is 0 Å². The van der Waals surface area contributed by atoms with Crippen LogP contribution in [0.1, 0.15) is 0 Å². The Morgan fingerprint density at radius 3 is 2.12 bits per heavy atom. The first-order valence-electron chi connectivity index (χ1n) is 1.31. The Kier molecular flexibility index (Phi) is 2.13. The molecule has 0 heterocycles. The first-order chi connectivity index (χ1) is 3.42. The fraction of sp³-hybridized carbons (Fsp3) is 0. The Morgan fingerprint density at radius 1 is 1.75 bits per heavy atom. The third kappa shape index (κ3) is 5.60. The van der Waals surface area contributed by atoms with Crippen LogP contribution in [0.15, 0.2) is 0 Å². The molecule has 0 aliphatic carbocycles. The van der Waals surface area contributed by atoms with Crippen LogP contribution in [0.3, 0.4) is 0 Å². The van der Waals surface area contributed by atoms with E-state index in [0.717, 1.165) is 0 Å². The fourth-order valence-electron chi connectivity index (χ4n) is 0.0901. The summed E-state index contributed by atoms with van der Waals surface area (Å²) in [5, 5.41) is 7.62. The van der Waals surface area contributed by atoms with Gasteiger partial charge in [-0.3, -0.25) is 4.55 Å². The molecule has 1 unspecified atom stereocenters. The average Bonchev–Trinajstić information content (AvgIpc) is 1.21. The lowest BCUT2D eigenvalue weighted by Crippen LogP contribution is -2.07. The number of carbonyl (C=O) groups is 1. The topological polar surface area (TPSA) is 83.8 Å². The Balaban J connectivity index is 3.95. The van der Waals surface area contributed by atoms with Crippen LogP contribution in [0, 0.1) is 0 Å². The van der Waals surface area contributed by atoms with Gasteiger partial charge in [0.25, 0.3) is 0 Å². The lowest BCUT2D eigenvalue weighted by atomic mass is 11.5.